The number of H-pyrrole nitrogens is 1. The molecule has 3 aliphatic heterocycles. The van der Waals surface area contributed by atoms with Crippen molar-refractivity contribution in [2.75, 3.05) is 25.0 Å². The Labute approximate surface area is 363 Å². The smallest absolute Gasteiger partial charge is 0.255 e. The molecule has 6 heterocycles. The first-order valence-electron chi connectivity index (χ1n) is 21.2. The molecule has 1 atom stereocenters. The van der Waals surface area contributed by atoms with Crippen molar-refractivity contribution < 1.29 is 19.2 Å². The van der Waals surface area contributed by atoms with E-state index in [1.54, 1.807) is 11.1 Å². The molecule has 318 valence electrons. The number of fused-ring (bicyclic) bond motifs is 2. The summed E-state index contributed by atoms with van der Waals surface area (Å²) in [5.41, 5.74) is 7.80. The predicted molar refractivity (Wildman–Crippen MR) is 237 cm³/mol. The Kier molecular flexibility index (Phi) is 12.0. The van der Waals surface area contributed by atoms with Crippen LogP contribution in [-0.2, 0) is 35.6 Å². The van der Waals surface area contributed by atoms with E-state index in [-0.39, 0.29) is 42.3 Å². The minimum atomic E-state index is -0.641. The number of aromatic nitrogens is 4. The molecule has 0 aliphatic carbocycles. The van der Waals surface area contributed by atoms with Crippen molar-refractivity contribution in [2.45, 2.75) is 104 Å². The number of benzene rings is 2. The van der Waals surface area contributed by atoms with Crippen LogP contribution >= 0.6 is 15.9 Å². The molecule has 14 nitrogen and oxygen atoms in total. The first-order valence-corrected chi connectivity index (χ1v) is 22.0. The largest absolute Gasteiger partial charge is 0.357 e. The summed E-state index contributed by atoms with van der Waals surface area (Å²) >= 11 is 3.71. The number of nitrogens with zero attached hydrogens (tertiary/aromatic N) is 6. The van der Waals surface area contributed by atoms with Gasteiger partial charge in [0.1, 0.15) is 11.9 Å². The molecule has 0 spiro atoms. The highest BCUT2D eigenvalue weighted by molar-refractivity contribution is 9.10. The third kappa shape index (κ3) is 8.50. The summed E-state index contributed by atoms with van der Waals surface area (Å²) in [6.45, 7) is 10.9. The van der Waals surface area contributed by atoms with Gasteiger partial charge in [-0.25, -0.2) is 4.98 Å². The van der Waals surface area contributed by atoms with Crippen LogP contribution in [0.2, 0.25) is 0 Å². The van der Waals surface area contributed by atoms with Crippen LogP contribution in [0.4, 0.5) is 5.82 Å². The van der Waals surface area contributed by atoms with E-state index in [0.717, 1.165) is 93.5 Å². The quantitative estimate of drug-likeness (QED) is 0.124. The third-order valence-corrected chi connectivity index (χ3v) is 13.1. The van der Waals surface area contributed by atoms with E-state index in [0.29, 0.717) is 42.2 Å². The van der Waals surface area contributed by atoms with Crippen molar-refractivity contribution >= 4 is 56.3 Å². The molecule has 1 unspecified atom stereocenters. The highest BCUT2D eigenvalue weighted by Gasteiger charge is 2.39. The molecule has 3 aromatic heterocycles. The van der Waals surface area contributed by atoms with Crippen molar-refractivity contribution in [2.24, 2.45) is 0 Å². The average molecular weight is 891 g/mol. The highest BCUT2D eigenvalue weighted by atomic mass is 79.9. The fourth-order valence-electron chi connectivity index (χ4n) is 9.09. The normalized spacial score (nSPS) is 17.2. The van der Waals surface area contributed by atoms with Gasteiger partial charge in [-0.1, -0.05) is 35.3 Å². The molecule has 3 aliphatic rings. The van der Waals surface area contributed by atoms with E-state index in [9.17, 15) is 24.0 Å². The number of carbonyl (C=O) groups is 4. The molecule has 2 saturated heterocycles. The van der Waals surface area contributed by atoms with E-state index < -0.39 is 11.9 Å². The summed E-state index contributed by atoms with van der Waals surface area (Å²) in [7, 11) is 2.14. The number of aromatic amines is 1. The second-order valence-corrected chi connectivity index (χ2v) is 17.8. The van der Waals surface area contributed by atoms with Crippen LogP contribution in [0.15, 0.2) is 64.1 Å². The van der Waals surface area contributed by atoms with Crippen molar-refractivity contribution in [3.8, 4) is 11.1 Å². The summed E-state index contributed by atoms with van der Waals surface area (Å²) in [5, 5.41) is 10.8. The average Bonchev–Trinajstić information content (AvgIpc) is 3.81. The van der Waals surface area contributed by atoms with Gasteiger partial charge in [-0.05, 0) is 112 Å². The molecule has 3 N–H and O–H groups in total. The number of pyridine rings is 2. The molecule has 2 fully saturated rings. The first kappa shape index (κ1) is 42.0. The second-order valence-electron chi connectivity index (χ2n) is 16.9. The fraction of sp³-hybridized carbons (Fsp3) is 0.413. The molecule has 15 heteroatoms. The number of rotatable bonds is 12. The minimum absolute atomic E-state index is 0.0762. The SMILES string of the molecule is CCCc1cc(C)[nH]c(=O)c1CNC(=O)c1cc(-c2ccc(N3CCC(N(C)Cc4cc5c(cc4Br)C(=O)N(C4CCC(=O)NC4=O)C5)CC3)nc2)cc2c1cnn2C(C)C. The molecule has 0 saturated carbocycles. The molecular weight excluding hydrogens is 838 g/mol. The first-order chi connectivity index (χ1) is 29.3. The Morgan fingerprint density at radius 3 is 2.49 bits per heavy atom. The van der Waals surface area contributed by atoms with Gasteiger partial charge in [0, 0.05) is 89.7 Å². The van der Waals surface area contributed by atoms with Gasteiger partial charge in [0.2, 0.25) is 11.8 Å². The summed E-state index contributed by atoms with van der Waals surface area (Å²) in [6, 6.07) is 13.8. The van der Waals surface area contributed by atoms with Crippen molar-refractivity contribution in [1.29, 1.82) is 0 Å². The number of hydrogen-bond donors (Lipinski definition) is 3. The summed E-state index contributed by atoms with van der Waals surface area (Å²) in [4.78, 5) is 78.4. The van der Waals surface area contributed by atoms with Gasteiger partial charge < -0.3 is 20.1 Å². The van der Waals surface area contributed by atoms with Crippen LogP contribution in [0.1, 0.15) is 108 Å². The van der Waals surface area contributed by atoms with E-state index in [1.807, 2.05) is 42.1 Å². The highest BCUT2D eigenvalue weighted by Crippen LogP contribution is 2.34. The lowest BCUT2D eigenvalue weighted by atomic mass is 9.99. The maximum absolute atomic E-state index is 13.9. The summed E-state index contributed by atoms with van der Waals surface area (Å²) in [6.07, 6.45) is 7.72. The fourth-order valence-corrected chi connectivity index (χ4v) is 9.55. The second kappa shape index (κ2) is 17.4. The Morgan fingerprint density at radius 1 is 1.00 bits per heavy atom. The Balaban J connectivity index is 0.927. The van der Waals surface area contributed by atoms with Crippen molar-refractivity contribution in [3.63, 3.8) is 0 Å². The van der Waals surface area contributed by atoms with Crippen LogP contribution in [0.3, 0.4) is 0 Å². The summed E-state index contributed by atoms with van der Waals surface area (Å²) < 4.78 is 2.78. The van der Waals surface area contributed by atoms with Crippen molar-refractivity contribution in [1.82, 2.24) is 40.2 Å². The molecule has 5 aromatic rings. The van der Waals surface area contributed by atoms with Crippen LogP contribution in [0.25, 0.3) is 22.0 Å². The lowest BCUT2D eigenvalue weighted by Gasteiger charge is -2.37. The number of imide groups is 1. The zero-order chi connectivity index (χ0) is 43.1. The standard InChI is InChI=1S/C46H52BrN9O5/c1-6-7-28-16-27(4)51-44(59)36(28)22-49-43(58)35-18-30(19-40-37(35)23-50-56(40)26(2)3)29-8-10-41(48-21-29)54-14-12-33(13-15-54)53(5)24-32-17-31-25-55(46(61)34(31)20-38(32)47)39-9-11-42(57)52-45(39)60/h8,10,16-21,23,26,33,39H,6-7,9,11-15,22,24-25H2,1-5H3,(H,49,58)(H,51,59)(H,52,57,60). The number of nitrogens with one attached hydrogen (secondary N) is 3. The van der Waals surface area contributed by atoms with E-state index in [2.05, 4.69) is 92.5 Å². The molecular formula is C46H52BrN9O5. The van der Waals surface area contributed by atoms with E-state index in [1.165, 1.54) is 0 Å². The maximum Gasteiger partial charge on any atom is 0.255 e. The lowest BCUT2D eigenvalue weighted by Crippen LogP contribution is -2.52. The molecule has 2 aromatic carbocycles. The van der Waals surface area contributed by atoms with E-state index >= 15 is 0 Å². The number of amides is 4. The maximum atomic E-state index is 13.9. The Morgan fingerprint density at radius 2 is 1.79 bits per heavy atom. The van der Waals surface area contributed by atoms with Crippen LogP contribution in [0, 0.1) is 6.92 Å². The minimum Gasteiger partial charge on any atom is -0.357 e. The molecule has 8 rings (SSSR count). The number of hydrogen-bond acceptors (Lipinski definition) is 9. The number of anilines is 1. The zero-order valence-electron chi connectivity index (χ0n) is 35.3. The molecule has 0 bridgehead atoms. The number of piperidine rings is 2. The van der Waals surface area contributed by atoms with Gasteiger partial charge in [0.25, 0.3) is 17.4 Å². The van der Waals surface area contributed by atoms with Crippen LogP contribution in [-0.4, -0.2) is 85.4 Å². The van der Waals surface area contributed by atoms with Gasteiger partial charge in [0.05, 0.1) is 17.3 Å². The molecule has 4 amide bonds. The Hall–Kier alpha value is -5.67. The summed E-state index contributed by atoms with van der Waals surface area (Å²) in [5.74, 6) is -0.262. The van der Waals surface area contributed by atoms with Crippen LogP contribution in [0.5, 0.6) is 0 Å². The van der Waals surface area contributed by atoms with Gasteiger partial charge >= 0.3 is 0 Å². The zero-order valence-corrected chi connectivity index (χ0v) is 36.9. The Bertz CT molecular complexity index is 2590. The topological polar surface area (TPSA) is 166 Å². The van der Waals surface area contributed by atoms with Gasteiger partial charge in [-0.15, -0.1) is 0 Å². The predicted octanol–water partition coefficient (Wildman–Crippen LogP) is 6.18. The molecule has 0 radical (unpaired) electrons. The number of aryl methyl sites for hydroxylation is 2. The van der Waals surface area contributed by atoms with E-state index in [4.69, 9.17) is 4.98 Å². The van der Waals surface area contributed by atoms with Gasteiger partial charge in [-0.3, -0.25) is 38.9 Å². The van der Waals surface area contributed by atoms with Gasteiger partial charge in [-0.2, -0.15) is 5.10 Å². The lowest BCUT2D eigenvalue weighted by molar-refractivity contribution is -0.136. The third-order valence-electron chi connectivity index (χ3n) is 12.4. The number of halogens is 1. The van der Waals surface area contributed by atoms with Crippen molar-refractivity contribution in [3.05, 3.63) is 109 Å². The van der Waals surface area contributed by atoms with Gasteiger partial charge in [0.15, 0.2) is 0 Å². The number of carbonyl (C=O) groups excluding carboxylic acids is 4. The molecule has 61 heavy (non-hydrogen) atoms. The monoisotopic (exact) mass is 889 g/mol. The van der Waals surface area contributed by atoms with Crippen LogP contribution < -0.4 is 21.1 Å².